The number of hydrogen-bond donors (Lipinski definition) is 2. The Balaban J connectivity index is 0.000000277. The van der Waals surface area contributed by atoms with Gasteiger partial charge in [-0.2, -0.15) is 8.42 Å². The van der Waals surface area contributed by atoms with Gasteiger partial charge in [0.2, 0.25) is 0 Å². The Kier molecular flexibility index (Phi) is 31.5. The number of benzene rings is 2. The van der Waals surface area contributed by atoms with Crippen molar-refractivity contribution in [2.24, 2.45) is 11.8 Å². The van der Waals surface area contributed by atoms with Gasteiger partial charge in [0.15, 0.2) is 0 Å². The van der Waals surface area contributed by atoms with Gasteiger partial charge in [-0.3, -0.25) is 33.4 Å². The molecule has 6 aliphatic rings. The van der Waals surface area contributed by atoms with Crippen molar-refractivity contribution in [1.82, 2.24) is 19.6 Å². The maximum absolute atomic E-state index is 14.0. The minimum absolute atomic E-state index is 0.0140. The van der Waals surface area contributed by atoms with Gasteiger partial charge in [0.05, 0.1) is 92.9 Å². The summed E-state index contributed by atoms with van der Waals surface area (Å²) in [6, 6.07) is 13.1. The minimum atomic E-state index is -3.61. The first kappa shape index (κ1) is 88.4. The highest BCUT2D eigenvalue weighted by atomic mass is 79.9. The number of carbonyl (C=O) groups is 6. The van der Waals surface area contributed by atoms with Crippen molar-refractivity contribution in [2.45, 2.75) is 264 Å². The zero-order valence-electron chi connectivity index (χ0n) is 62.7. The second kappa shape index (κ2) is 36.4. The lowest BCUT2D eigenvalue weighted by atomic mass is 9.79. The van der Waals surface area contributed by atoms with Crippen LogP contribution >= 0.6 is 15.9 Å². The summed E-state index contributed by atoms with van der Waals surface area (Å²) >= 11 is 3.35. The summed E-state index contributed by atoms with van der Waals surface area (Å²) in [4.78, 5) is 75.8. The van der Waals surface area contributed by atoms with Crippen molar-refractivity contribution >= 4 is 74.9 Å². The van der Waals surface area contributed by atoms with Gasteiger partial charge in [-0.1, -0.05) is 28.1 Å². The van der Waals surface area contributed by atoms with Gasteiger partial charge in [0.25, 0.3) is 10.1 Å². The number of aliphatic carboxylic acids is 1. The van der Waals surface area contributed by atoms with Crippen LogP contribution in [0, 0.1) is 11.8 Å². The van der Waals surface area contributed by atoms with Crippen LogP contribution in [-0.2, 0) is 56.9 Å². The molecule has 5 heterocycles. The minimum Gasteiger partial charge on any atom is -0.491 e. The van der Waals surface area contributed by atoms with E-state index in [2.05, 4.69) is 20.1 Å². The van der Waals surface area contributed by atoms with E-state index in [1.54, 1.807) is 104 Å². The smallest absolute Gasteiger partial charge is 0.491 e. The summed E-state index contributed by atoms with van der Waals surface area (Å²) in [5.41, 5.74) is -3.07. The van der Waals surface area contributed by atoms with Crippen molar-refractivity contribution in [2.75, 3.05) is 58.9 Å². The number of ether oxygens (including phenoxy) is 7. The van der Waals surface area contributed by atoms with Crippen molar-refractivity contribution in [3.8, 4) is 11.5 Å². The Hall–Kier alpha value is -5.96. The maximum Gasteiger partial charge on any atom is 0.494 e. The van der Waals surface area contributed by atoms with Crippen LogP contribution in [0.15, 0.2) is 53.0 Å². The molecule has 32 heteroatoms. The molecule has 24 nitrogen and oxygen atoms in total. The Morgan fingerprint density at radius 1 is 0.490 bits per heavy atom. The lowest BCUT2D eigenvalue weighted by Crippen LogP contribution is -2.42. The van der Waals surface area contributed by atoms with E-state index in [0.717, 1.165) is 16.2 Å². The van der Waals surface area contributed by atoms with Crippen LogP contribution < -0.4 is 14.9 Å². The van der Waals surface area contributed by atoms with Crippen LogP contribution in [0.5, 0.6) is 11.5 Å². The lowest BCUT2D eigenvalue weighted by Gasteiger charge is -2.32. The van der Waals surface area contributed by atoms with Crippen molar-refractivity contribution in [1.29, 1.82) is 0 Å². The van der Waals surface area contributed by atoms with Crippen LogP contribution in [0.3, 0.4) is 0 Å². The number of nitrogens with zero attached hydrogens (tertiary/aromatic N) is 4. The number of likely N-dealkylation sites (tertiary alicyclic amines) is 4. The third-order valence-electron chi connectivity index (χ3n) is 16.3. The number of amides is 4. The number of aliphatic hydroxyl groups is 1. The first-order valence-electron chi connectivity index (χ1n) is 34.1. The van der Waals surface area contributed by atoms with Gasteiger partial charge in [0.1, 0.15) is 83.6 Å². The third kappa shape index (κ3) is 30.3. The van der Waals surface area contributed by atoms with Crippen molar-refractivity contribution < 1.29 is 116 Å². The molecule has 6 fully saturated rings. The fraction of sp³-hybridized carbons (Fsp3) is 0.743. The molecule has 2 aromatic carbocycles. The Bertz CT molecular complexity index is 3170. The van der Waals surface area contributed by atoms with Crippen molar-refractivity contribution in [3.63, 3.8) is 0 Å². The number of hydrogen-bond acceptors (Lipinski definition) is 19. The maximum atomic E-state index is 14.0. The fourth-order valence-corrected chi connectivity index (χ4v) is 11.6. The first-order valence-corrected chi connectivity index (χ1v) is 36.7. The van der Waals surface area contributed by atoms with Gasteiger partial charge in [-0.15, -0.1) is 0 Å². The van der Waals surface area contributed by atoms with E-state index in [4.69, 9.17) is 52.7 Å². The largest absolute Gasteiger partial charge is 0.494 e. The average molecular weight is 1540 g/mol. The van der Waals surface area contributed by atoms with Gasteiger partial charge in [0, 0.05) is 30.2 Å². The molecule has 0 radical (unpaired) electrons. The van der Waals surface area contributed by atoms with E-state index in [-0.39, 0.29) is 103 Å². The number of carboxylic acid groups (broad SMARTS) is 1. The first-order chi connectivity index (χ1) is 46.5. The molecule has 5 saturated heterocycles. The summed E-state index contributed by atoms with van der Waals surface area (Å²) in [6.07, 6.45) is -6.28. The Morgan fingerprint density at radius 2 is 0.794 bits per heavy atom. The van der Waals surface area contributed by atoms with Gasteiger partial charge >= 0.3 is 43.4 Å². The number of alkyl halides is 5. The summed E-state index contributed by atoms with van der Waals surface area (Å²) in [7, 11) is -4.05. The quantitative estimate of drug-likeness (QED) is 0.0619. The highest BCUT2D eigenvalue weighted by Gasteiger charge is 2.52. The van der Waals surface area contributed by atoms with Gasteiger partial charge < -0.3 is 52.7 Å². The van der Waals surface area contributed by atoms with Crippen LogP contribution in [0.1, 0.15) is 170 Å². The Morgan fingerprint density at radius 3 is 1.11 bits per heavy atom. The van der Waals surface area contributed by atoms with E-state index in [9.17, 15) is 59.1 Å². The molecule has 8 rings (SSSR count). The zero-order valence-corrected chi connectivity index (χ0v) is 65.1. The molecule has 1 saturated carbocycles. The molecule has 580 valence electrons. The van der Waals surface area contributed by atoms with E-state index in [1.165, 1.54) is 19.6 Å². The average Bonchev–Trinajstić information content (AvgIpc) is 1.63. The number of carboxylic acids is 1. The van der Waals surface area contributed by atoms with Gasteiger partial charge in [-0.25, -0.2) is 41.1 Å². The summed E-state index contributed by atoms with van der Waals surface area (Å²) in [6.45, 7) is 34.3. The molecule has 102 heavy (non-hydrogen) atoms. The second-order valence-corrected chi connectivity index (χ2v) is 34.6. The SMILES string of the molecule is CC(C)(C)OC(=O)C1C[C@@H](F)C[C@H]1C(=O)O.CC(C)(C)OC(=O)N1C[C@@H](F)C[C@H]1CO.CC(C)(C)OC(=O)N1C[C@@H](F)C[C@H]1COS(C)(=O)=O.CC(C)(C)OC(=O)N1C[C@@H](F)C[C@H]1COc1ccc(B2OC(C)(C)C(C)(C)O2)cc1.CC(C)(C)OC(=O)N1C[C@@H](F)C[C@H]1COc1ccc(Br)cc1. The van der Waals surface area contributed by atoms with Crippen molar-refractivity contribution in [3.05, 3.63) is 53.0 Å². The standard InChI is InChI=1S/C22H33BFNO5.C16H21BrFNO3.C11H20FNO5S.C11H17FO4.C10H18FNO3/c1-20(2,3)28-19(26)25-13-16(24)12-17(25)14-27-18-10-8-15(9-11-18)23-29-21(4,5)22(6,7)30-23;1-16(2,3)22-15(20)19-9-12(18)8-13(19)10-21-14-6-4-11(17)5-7-14;1-11(2,3)18-10(14)13-6-8(12)5-9(13)7-17-19(4,15)16;1-11(2,3)16-10(15)8-5-6(12)4-7(8)9(13)14;1-10(2,3)15-9(14)12-5-7(11)4-8(12)6-13/h8-11,16-17H,12-14H2,1-7H3;4-7,12-13H,8-10H2,1-3H3;8-9H,5-7H2,1-4H3;6-8H,4-5H2,1-3H3,(H,13,14);7-8,13H,4-6H2,1-3H3/t16-,17-;12-,13-;8-,9-;6-,7+,8?;7-,8-/m00000/s1. The zero-order chi connectivity index (χ0) is 77.6. The molecule has 11 atom stereocenters. The van der Waals surface area contributed by atoms with Crippen LogP contribution in [0.4, 0.5) is 41.1 Å². The predicted molar refractivity (Wildman–Crippen MR) is 375 cm³/mol. The van der Waals surface area contributed by atoms with Crippen LogP contribution in [0.25, 0.3) is 0 Å². The molecule has 2 aromatic rings. The number of rotatable bonds is 13. The van der Waals surface area contributed by atoms with Gasteiger partial charge in [-0.05, 0) is 186 Å². The summed E-state index contributed by atoms with van der Waals surface area (Å²) < 4.78 is 144. The highest BCUT2D eigenvalue weighted by molar-refractivity contribution is 9.10. The molecule has 0 aromatic heterocycles. The van der Waals surface area contributed by atoms with E-state index in [0.29, 0.717) is 11.5 Å². The fourth-order valence-electron chi connectivity index (χ4n) is 11.0. The number of esters is 1. The third-order valence-corrected chi connectivity index (χ3v) is 17.4. The molecule has 0 spiro atoms. The molecule has 2 N–H and O–H groups in total. The lowest BCUT2D eigenvalue weighted by molar-refractivity contribution is -0.165. The highest BCUT2D eigenvalue weighted by Crippen LogP contribution is 2.38. The normalized spacial score (nSPS) is 25.4. The monoisotopic (exact) mass is 1540 g/mol. The predicted octanol–water partition coefficient (Wildman–Crippen LogP) is 12.3. The van der Waals surface area contributed by atoms with E-state index >= 15 is 0 Å². The number of carbonyl (C=O) groups excluding carboxylic acids is 5. The molecule has 0 bridgehead atoms. The number of aliphatic hydroxyl groups excluding tert-OH is 1. The molecular weight excluding hydrogens is 1430 g/mol. The van der Waals surface area contributed by atoms with Crippen LogP contribution in [0.2, 0.25) is 0 Å². The summed E-state index contributed by atoms with van der Waals surface area (Å²) in [5, 5.41) is 17.9. The van der Waals surface area contributed by atoms with E-state index < -0.39 is 148 Å². The molecule has 1 unspecified atom stereocenters. The summed E-state index contributed by atoms with van der Waals surface area (Å²) in [5.74, 6) is -2.22. The molecule has 4 amide bonds. The molecule has 1 aliphatic carbocycles. The second-order valence-electron chi connectivity index (χ2n) is 32.0. The molecule has 5 aliphatic heterocycles. The molecular formula is C70H109BBrF5N4O20S. The van der Waals surface area contributed by atoms with E-state index in [1.807, 2.05) is 76.2 Å². The topological polar surface area (TPSA) is 282 Å². The van der Waals surface area contributed by atoms with Crippen LogP contribution in [-0.4, -0.2) is 235 Å². The number of halogens is 6. The Labute approximate surface area is 607 Å².